The van der Waals surface area contributed by atoms with Gasteiger partial charge in [-0.05, 0) is 29.5 Å². The predicted molar refractivity (Wildman–Crippen MR) is 136 cm³/mol. The van der Waals surface area contributed by atoms with Crippen molar-refractivity contribution in [3.8, 4) is 11.5 Å². The molecular weight excluding hydrogens is 506 g/mol. The normalized spacial score (nSPS) is 24.4. The number of carbonyl (C=O) groups excluding carboxylic acids is 2. The van der Waals surface area contributed by atoms with Gasteiger partial charge in [0.05, 0.1) is 24.0 Å². The van der Waals surface area contributed by atoms with E-state index in [9.17, 15) is 9.59 Å². The van der Waals surface area contributed by atoms with Gasteiger partial charge in [0.15, 0.2) is 11.5 Å². The molecule has 1 aliphatic carbocycles. The minimum atomic E-state index is -0.296. The molecule has 2 unspecified atom stereocenters. The minimum Gasteiger partial charge on any atom is -0.486 e. The third kappa shape index (κ3) is 3.95. The average molecular weight is 536 g/mol. The van der Waals surface area contributed by atoms with Crippen LogP contribution in [0.4, 0.5) is 0 Å². The van der Waals surface area contributed by atoms with Crippen LogP contribution in [-0.4, -0.2) is 76.2 Å². The number of carbonyl (C=O) groups is 2. The van der Waals surface area contributed by atoms with Gasteiger partial charge >= 0.3 is 0 Å². The maximum Gasteiger partial charge on any atom is 0.265 e. The lowest BCUT2D eigenvalue weighted by Crippen LogP contribution is -2.62. The number of aromatic nitrogens is 3. The third-order valence-corrected chi connectivity index (χ3v) is 9.22. The van der Waals surface area contributed by atoms with Crippen molar-refractivity contribution in [1.82, 2.24) is 25.0 Å². The Balaban J connectivity index is 1.11. The smallest absolute Gasteiger partial charge is 0.265 e. The quantitative estimate of drug-likeness (QED) is 0.490. The zero-order valence-corrected chi connectivity index (χ0v) is 22.2. The van der Waals surface area contributed by atoms with Crippen molar-refractivity contribution in [2.24, 2.45) is 16.7 Å². The highest BCUT2D eigenvalue weighted by atomic mass is 32.1. The molecule has 0 N–H and O–H groups in total. The second-order valence-electron chi connectivity index (χ2n) is 11.6. The highest BCUT2D eigenvalue weighted by Gasteiger charge is 2.61. The molecule has 1 aromatic carbocycles. The fourth-order valence-electron chi connectivity index (χ4n) is 6.09. The fourth-order valence-corrected chi connectivity index (χ4v) is 6.68. The lowest BCUT2D eigenvalue weighted by atomic mass is 9.71. The summed E-state index contributed by atoms with van der Waals surface area (Å²) in [7, 11) is 0. The summed E-state index contributed by atoms with van der Waals surface area (Å²) in [6, 6.07) is 5.81. The summed E-state index contributed by atoms with van der Waals surface area (Å²) in [4.78, 5) is 34.8. The van der Waals surface area contributed by atoms with Gasteiger partial charge in [0.1, 0.15) is 18.1 Å². The minimum absolute atomic E-state index is 0.0431. The Morgan fingerprint density at radius 3 is 2.58 bits per heavy atom. The van der Waals surface area contributed by atoms with E-state index in [4.69, 9.17) is 13.9 Å². The molecule has 11 heteroatoms. The second kappa shape index (κ2) is 8.52. The van der Waals surface area contributed by atoms with Gasteiger partial charge in [-0.25, -0.2) is 0 Å². The van der Waals surface area contributed by atoms with Crippen molar-refractivity contribution in [2.75, 3.05) is 39.4 Å². The molecule has 2 atom stereocenters. The predicted octanol–water partition coefficient (Wildman–Crippen LogP) is 3.00. The van der Waals surface area contributed by atoms with Crippen LogP contribution in [0.2, 0.25) is 0 Å². The number of benzene rings is 1. The molecule has 7 rings (SSSR count). The molecule has 0 bridgehead atoms. The van der Waals surface area contributed by atoms with Crippen LogP contribution in [0.15, 0.2) is 34.3 Å². The average Bonchev–Trinajstić information content (AvgIpc) is 3.40. The lowest BCUT2D eigenvalue weighted by molar-refractivity contribution is -0.146. The Labute approximate surface area is 223 Å². The van der Waals surface area contributed by atoms with Gasteiger partial charge in [-0.3, -0.25) is 14.6 Å². The number of hydrogen-bond acceptors (Lipinski definition) is 9. The summed E-state index contributed by atoms with van der Waals surface area (Å²) < 4.78 is 17.5. The van der Waals surface area contributed by atoms with E-state index in [-0.39, 0.29) is 34.5 Å². The second-order valence-corrected chi connectivity index (χ2v) is 12.5. The maximum atomic E-state index is 13.2. The number of rotatable bonds is 5. The van der Waals surface area contributed by atoms with E-state index >= 15 is 0 Å². The van der Waals surface area contributed by atoms with Crippen LogP contribution in [0.25, 0.3) is 0 Å². The van der Waals surface area contributed by atoms with Crippen molar-refractivity contribution < 1.29 is 23.5 Å². The molecule has 1 spiro atoms. The summed E-state index contributed by atoms with van der Waals surface area (Å²) in [6.07, 6.45) is 3.01. The SMILES string of the molecule is CC1(C)CC1C(=O)N1CC2(CN(C(=O)c3cncs3)CC2c2nnc(Cc3ccc4c(c3)OCCO4)o2)C1. The van der Waals surface area contributed by atoms with Gasteiger partial charge in [-0.1, -0.05) is 19.9 Å². The van der Waals surface area contributed by atoms with Gasteiger partial charge in [0.2, 0.25) is 17.7 Å². The molecule has 3 fully saturated rings. The highest BCUT2D eigenvalue weighted by Crippen LogP contribution is 2.55. The zero-order chi connectivity index (χ0) is 26.1. The Morgan fingerprint density at radius 2 is 1.84 bits per heavy atom. The molecular formula is C27H29N5O5S. The Hall–Kier alpha value is -3.47. The number of likely N-dealkylation sites (tertiary alicyclic amines) is 2. The van der Waals surface area contributed by atoms with Gasteiger partial charge in [-0.2, -0.15) is 0 Å². The molecule has 10 nitrogen and oxygen atoms in total. The van der Waals surface area contributed by atoms with Crippen LogP contribution in [0.5, 0.6) is 11.5 Å². The summed E-state index contributed by atoms with van der Waals surface area (Å²) in [5.41, 5.74) is 2.44. The summed E-state index contributed by atoms with van der Waals surface area (Å²) in [6.45, 7) is 7.56. The van der Waals surface area contributed by atoms with Crippen LogP contribution in [-0.2, 0) is 11.2 Å². The monoisotopic (exact) mass is 535 g/mol. The van der Waals surface area contributed by atoms with Crippen LogP contribution in [0.1, 0.15) is 53.2 Å². The Kier molecular flexibility index (Phi) is 5.30. The maximum absolute atomic E-state index is 13.2. The summed E-state index contributed by atoms with van der Waals surface area (Å²) in [5.74, 6) is 2.62. The van der Waals surface area contributed by atoms with Crippen LogP contribution < -0.4 is 9.47 Å². The molecule has 0 radical (unpaired) electrons. The van der Waals surface area contributed by atoms with E-state index in [2.05, 4.69) is 29.0 Å². The van der Waals surface area contributed by atoms with Crippen LogP contribution in [0, 0.1) is 16.7 Å². The van der Waals surface area contributed by atoms with Gasteiger partial charge in [0, 0.05) is 37.5 Å². The van der Waals surface area contributed by atoms with Gasteiger partial charge < -0.3 is 23.7 Å². The molecule has 2 saturated heterocycles. The Bertz CT molecular complexity index is 1400. The number of ether oxygens (including phenoxy) is 2. The molecule has 5 heterocycles. The standard InChI is InChI=1S/C27H29N5O5S/c1-26(2)9-17(26)24(33)32-13-27(14-32)12-31(25(34)21-10-28-15-38-21)11-18(27)23-30-29-22(37-23)8-16-3-4-19-20(7-16)36-6-5-35-19/h3-4,7,10,15,17-18H,5-6,8-9,11-14H2,1-2H3. The topological polar surface area (TPSA) is 111 Å². The molecule has 3 aliphatic heterocycles. The Morgan fingerprint density at radius 1 is 1.08 bits per heavy atom. The van der Waals surface area contributed by atoms with Crippen molar-refractivity contribution in [1.29, 1.82) is 0 Å². The van der Waals surface area contributed by atoms with Crippen molar-refractivity contribution >= 4 is 23.2 Å². The largest absolute Gasteiger partial charge is 0.486 e. The molecule has 38 heavy (non-hydrogen) atoms. The first-order valence-electron chi connectivity index (χ1n) is 13.0. The number of fused-ring (bicyclic) bond motifs is 1. The van der Waals surface area contributed by atoms with Crippen LogP contribution >= 0.6 is 11.3 Å². The van der Waals surface area contributed by atoms with E-state index in [1.807, 2.05) is 28.0 Å². The molecule has 198 valence electrons. The molecule has 4 aliphatic rings. The van der Waals surface area contributed by atoms with E-state index < -0.39 is 0 Å². The first kappa shape index (κ1) is 23.6. The first-order valence-corrected chi connectivity index (χ1v) is 13.9. The third-order valence-electron chi connectivity index (χ3n) is 8.46. The summed E-state index contributed by atoms with van der Waals surface area (Å²) in [5, 5.41) is 8.77. The number of thiazole rings is 1. The van der Waals surface area contributed by atoms with E-state index in [1.54, 1.807) is 11.7 Å². The van der Waals surface area contributed by atoms with Crippen molar-refractivity contribution in [2.45, 2.75) is 32.6 Å². The van der Waals surface area contributed by atoms with E-state index in [0.717, 1.165) is 23.5 Å². The van der Waals surface area contributed by atoms with Crippen molar-refractivity contribution in [3.63, 3.8) is 0 Å². The van der Waals surface area contributed by atoms with Gasteiger partial charge in [-0.15, -0.1) is 21.5 Å². The fraction of sp³-hybridized carbons (Fsp3) is 0.519. The van der Waals surface area contributed by atoms with E-state index in [0.29, 0.717) is 62.5 Å². The lowest BCUT2D eigenvalue weighted by Gasteiger charge is -2.50. The number of nitrogens with zero attached hydrogens (tertiary/aromatic N) is 5. The zero-order valence-electron chi connectivity index (χ0n) is 21.4. The van der Waals surface area contributed by atoms with Crippen LogP contribution in [0.3, 0.4) is 0 Å². The first-order chi connectivity index (χ1) is 18.3. The van der Waals surface area contributed by atoms with E-state index in [1.165, 1.54) is 11.3 Å². The van der Waals surface area contributed by atoms with Crippen molar-refractivity contribution in [3.05, 3.63) is 52.1 Å². The highest BCUT2D eigenvalue weighted by molar-refractivity contribution is 7.11. The number of amides is 2. The van der Waals surface area contributed by atoms with Gasteiger partial charge in [0.25, 0.3) is 5.91 Å². The number of hydrogen-bond donors (Lipinski definition) is 0. The molecule has 2 aromatic heterocycles. The molecule has 1 saturated carbocycles. The summed E-state index contributed by atoms with van der Waals surface area (Å²) >= 11 is 1.34. The molecule has 2 amide bonds. The molecule has 3 aromatic rings.